The van der Waals surface area contributed by atoms with Crippen LogP contribution in [0.4, 0.5) is 0 Å². The maximum atomic E-state index is 9.97. The average Bonchev–Trinajstić information content (AvgIpc) is 2.80. The lowest BCUT2D eigenvalue weighted by molar-refractivity contribution is 0.372. The van der Waals surface area contributed by atoms with Gasteiger partial charge in [-0.15, -0.1) is 0 Å². The van der Waals surface area contributed by atoms with Crippen molar-refractivity contribution in [1.29, 1.82) is 0 Å². The Bertz CT molecular complexity index is 537. The van der Waals surface area contributed by atoms with Crippen LogP contribution in [0.25, 0.3) is 11.4 Å². The van der Waals surface area contributed by atoms with Gasteiger partial charge in [-0.05, 0) is 24.6 Å². The lowest BCUT2D eigenvalue weighted by Crippen LogP contribution is -1.96. The summed E-state index contributed by atoms with van der Waals surface area (Å²) in [4.78, 5) is 4.06. The van der Waals surface area contributed by atoms with Gasteiger partial charge in [0.1, 0.15) is 0 Å². The van der Waals surface area contributed by atoms with Gasteiger partial charge in [0.15, 0.2) is 11.5 Å². The summed E-state index contributed by atoms with van der Waals surface area (Å²) in [6.07, 6.45) is 0. The standard InChI is InChI=1S/C11H13N3O3/c1-6-3-7(10(15)8(4-6)16-2)11-13-9(5-12)17-14-11/h3-4,15H,5,12H2,1-2H3. The predicted molar refractivity (Wildman–Crippen MR) is 60.6 cm³/mol. The molecule has 0 atom stereocenters. The Balaban J connectivity index is 2.54. The third-order valence-electron chi connectivity index (χ3n) is 2.32. The molecule has 0 saturated heterocycles. The van der Waals surface area contributed by atoms with Gasteiger partial charge in [-0.25, -0.2) is 0 Å². The zero-order chi connectivity index (χ0) is 12.4. The number of nitrogens with two attached hydrogens (primary N) is 1. The Labute approximate surface area is 98.0 Å². The highest BCUT2D eigenvalue weighted by Gasteiger charge is 2.16. The van der Waals surface area contributed by atoms with Crippen molar-refractivity contribution in [1.82, 2.24) is 10.1 Å². The van der Waals surface area contributed by atoms with Gasteiger partial charge in [0.25, 0.3) is 0 Å². The number of nitrogens with zero attached hydrogens (tertiary/aromatic N) is 2. The highest BCUT2D eigenvalue weighted by molar-refractivity contribution is 5.69. The van der Waals surface area contributed by atoms with Crippen molar-refractivity contribution in [2.24, 2.45) is 5.73 Å². The van der Waals surface area contributed by atoms with Crippen molar-refractivity contribution in [3.05, 3.63) is 23.6 Å². The average molecular weight is 235 g/mol. The molecule has 0 spiro atoms. The zero-order valence-electron chi connectivity index (χ0n) is 9.60. The van der Waals surface area contributed by atoms with Crippen LogP contribution in [-0.4, -0.2) is 22.4 Å². The van der Waals surface area contributed by atoms with Crippen LogP contribution in [0.1, 0.15) is 11.5 Å². The fraction of sp³-hybridized carbons (Fsp3) is 0.273. The lowest BCUT2D eigenvalue weighted by Gasteiger charge is -2.07. The number of benzene rings is 1. The summed E-state index contributed by atoms with van der Waals surface area (Å²) >= 11 is 0. The fourth-order valence-corrected chi connectivity index (χ4v) is 1.52. The summed E-state index contributed by atoms with van der Waals surface area (Å²) in [5, 5.41) is 13.7. The molecule has 6 heteroatoms. The molecule has 0 aliphatic rings. The molecule has 0 saturated carbocycles. The van der Waals surface area contributed by atoms with Crippen LogP contribution < -0.4 is 10.5 Å². The molecule has 17 heavy (non-hydrogen) atoms. The van der Waals surface area contributed by atoms with Crippen molar-refractivity contribution in [2.45, 2.75) is 13.5 Å². The topological polar surface area (TPSA) is 94.4 Å². The Hall–Kier alpha value is -2.08. The second kappa shape index (κ2) is 4.42. The van der Waals surface area contributed by atoms with Crippen LogP contribution in [-0.2, 0) is 6.54 Å². The van der Waals surface area contributed by atoms with Gasteiger partial charge in [-0.1, -0.05) is 5.16 Å². The Morgan fingerprint density at radius 2 is 2.24 bits per heavy atom. The first-order valence-corrected chi connectivity index (χ1v) is 5.06. The summed E-state index contributed by atoms with van der Waals surface area (Å²) in [6.45, 7) is 2.05. The third kappa shape index (κ3) is 2.07. The van der Waals surface area contributed by atoms with Gasteiger partial charge in [0.05, 0.1) is 19.2 Å². The number of ether oxygens (including phenoxy) is 1. The number of phenolic OH excluding ortho intramolecular Hbond substituents is 1. The number of aryl methyl sites for hydroxylation is 1. The van der Waals surface area contributed by atoms with E-state index < -0.39 is 0 Å². The smallest absolute Gasteiger partial charge is 0.240 e. The van der Waals surface area contributed by atoms with E-state index in [0.717, 1.165) is 5.56 Å². The second-order valence-electron chi connectivity index (χ2n) is 3.58. The largest absolute Gasteiger partial charge is 0.504 e. The molecule has 1 heterocycles. The first kappa shape index (κ1) is 11.4. The highest BCUT2D eigenvalue weighted by Crippen LogP contribution is 2.36. The first-order chi connectivity index (χ1) is 8.15. The number of phenols is 1. The van der Waals surface area contributed by atoms with E-state index >= 15 is 0 Å². The molecule has 1 aromatic carbocycles. The SMILES string of the molecule is COc1cc(C)cc(-c2noc(CN)n2)c1O. The van der Waals surface area contributed by atoms with E-state index in [2.05, 4.69) is 10.1 Å². The van der Waals surface area contributed by atoms with Crippen LogP contribution in [0, 0.1) is 6.92 Å². The molecule has 0 unspecified atom stereocenters. The molecule has 2 aromatic rings. The van der Waals surface area contributed by atoms with E-state index in [4.69, 9.17) is 15.0 Å². The molecule has 90 valence electrons. The Morgan fingerprint density at radius 3 is 2.82 bits per heavy atom. The normalized spacial score (nSPS) is 10.5. The first-order valence-electron chi connectivity index (χ1n) is 5.06. The van der Waals surface area contributed by atoms with Gasteiger partial charge < -0.3 is 20.1 Å². The summed E-state index contributed by atoms with van der Waals surface area (Å²) in [5.74, 6) is 0.978. The minimum atomic E-state index is -0.0116. The number of hydrogen-bond acceptors (Lipinski definition) is 6. The molecular weight excluding hydrogens is 222 g/mol. The number of hydrogen-bond donors (Lipinski definition) is 2. The minimum Gasteiger partial charge on any atom is -0.504 e. The summed E-state index contributed by atoms with van der Waals surface area (Å²) in [7, 11) is 1.49. The zero-order valence-corrected chi connectivity index (χ0v) is 9.60. The van der Waals surface area contributed by atoms with E-state index in [0.29, 0.717) is 23.0 Å². The van der Waals surface area contributed by atoms with E-state index in [-0.39, 0.29) is 12.3 Å². The van der Waals surface area contributed by atoms with Crippen LogP contribution in [0.5, 0.6) is 11.5 Å². The van der Waals surface area contributed by atoms with Gasteiger partial charge >= 0.3 is 0 Å². The van der Waals surface area contributed by atoms with Crippen LogP contribution >= 0.6 is 0 Å². The maximum Gasteiger partial charge on any atom is 0.240 e. The Morgan fingerprint density at radius 1 is 1.47 bits per heavy atom. The Kier molecular flexibility index (Phi) is 2.97. The summed E-state index contributed by atoms with van der Waals surface area (Å²) in [6, 6.07) is 3.48. The highest BCUT2D eigenvalue weighted by atomic mass is 16.5. The van der Waals surface area contributed by atoms with Crippen molar-refractivity contribution in [3.63, 3.8) is 0 Å². The molecular formula is C11H13N3O3. The third-order valence-corrected chi connectivity index (χ3v) is 2.32. The second-order valence-corrected chi connectivity index (χ2v) is 3.58. The van der Waals surface area contributed by atoms with Crippen molar-refractivity contribution < 1.29 is 14.4 Å². The van der Waals surface area contributed by atoms with Gasteiger partial charge in [0.2, 0.25) is 11.7 Å². The van der Waals surface area contributed by atoms with E-state index in [9.17, 15) is 5.11 Å². The van der Waals surface area contributed by atoms with Crippen LogP contribution in [0.2, 0.25) is 0 Å². The lowest BCUT2D eigenvalue weighted by atomic mass is 10.1. The van der Waals surface area contributed by atoms with E-state index in [1.807, 2.05) is 6.92 Å². The van der Waals surface area contributed by atoms with Crippen molar-refractivity contribution in [3.8, 4) is 22.9 Å². The minimum absolute atomic E-state index is 0.0116. The van der Waals surface area contributed by atoms with E-state index in [1.54, 1.807) is 12.1 Å². The van der Waals surface area contributed by atoms with Crippen molar-refractivity contribution >= 4 is 0 Å². The quantitative estimate of drug-likeness (QED) is 0.830. The van der Waals surface area contributed by atoms with Gasteiger partial charge in [0, 0.05) is 0 Å². The number of methoxy groups -OCH3 is 1. The number of rotatable bonds is 3. The monoisotopic (exact) mass is 235 g/mol. The molecule has 0 aliphatic carbocycles. The molecule has 0 amide bonds. The molecule has 0 bridgehead atoms. The van der Waals surface area contributed by atoms with E-state index in [1.165, 1.54) is 7.11 Å². The summed E-state index contributed by atoms with van der Waals surface area (Å²) in [5.41, 5.74) is 6.77. The summed E-state index contributed by atoms with van der Waals surface area (Å²) < 4.78 is 9.96. The molecule has 0 fully saturated rings. The number of aromatic hydroxyl groups is 1. The van der Waals surface area contributed by atoms with Gasteiger partial charge in [-0.3, -0.25) is 0 Å². The molecule has 0 aliphatic heterocycles. The van der Waals surface area contributed by atoms with Crippen LogP contribution in [0.15, 0.2) is 16.7 Å². The molecule has 3 N–H and O–H groups in total. The molecule has 6 nitrogen and oxygen atoms in total. The molecule has 1 aromatic heterocycles. The molecule has 0 radical (unpaired) electrons. The number of aromatic nitrogens is 2. The van der Waals surface area contributed by atoms with Gasteiger partial charge in [-0.2, -0.15) is 4.98 Å². The maximum absolute atomic E-state index is 9.97. The molecule has 2 rings (SSSR count). The van der Waals surface area contributed by atoms with Crippen LogP contribution in [0.3, 0.4) is 0 Å². The van der Waals surface area contributed by atoms with Crippen molar-refractivity contribution in [2.75, 3.05) is 7.11 Å². The fourth-order valence-electron chi connectivity index (χ4n) is 1.52. The predicted octanol–water partition coefficient (Wildman–Crippen LogP) is 1.22.